The van der Waals surface area contributed by atoms with Crippen molar-refractivity contribution in [2.45, 2.75) is 17.9 Å². The van der Waals surface area contributed by atoms with Crippen molar-refractivity contribution < 1.29 is 8.42 Å². The summed E-state index contributed by atoms with van der Waals surface area (Å²) in [5, 5.41) is 8.75. The molecule has 1 unspecified atom stereocenters. The van der Waals surface area contributed by atoms with Gasteiger partial charge in [-0.15, -0.1) is 0 Å². The van der Waals surface area contributed by atoms with Crippen LogP contribution < -0.4 is 5.73 Å². The van der Waals surface area contributed by atoms with E-state index in [9.17, 15) is 8.42 Å². The zero-order chi connectivity index (χ0) is 14.9. The van der Waals surface area contributed by atoms with Crippen LogP contribution in [0, 0.1) is 5.41 Å². The first-order valence-corrected chi connectivity index (χ1v) is 7.44. The molecule has 7 heteroatoms. The molecule has 20 heavy (non-hydrogen) atoms. The van der Waals surface area contributed by atoms with E-state index in [1.807, 2.05) is 0 Å². The first-order valence-electron chi connectivity index (χ1n) is 6.00. The molecule has 1 atom stereocenters. The van der Waals surface area contributed by atoms with Gasteiger partial charge < -0.3 is 5.73 Å². The van der Waals surface area contributed by atoms with Crippen molar-refractivity contribution in [1.29, 1.82) is 5.41 Å². The topological polar surface area (TPSA) is 100 Å². The Bertz CT molecular complexity index is 753. The molecule has 3 N–H and O–H groups in total. The number of amidine groups is 1. The van der Waals surface area contributed by atoms with Gasteiger partial charge in [-0.3, -0.25) is 10.4 Å². The van der Waals surface area contributed by atoms with E-state index in [1.54, 1.807) is 43.6 Å². The zero-order valence-electron chi connectivity index (χ0n) is 11.2. The lowest BCUT2D eigenvalue weighted by Gasteiger charge is -2.23. The number of hydrogen-bond acceptors (Lipinski definition) is 4. The van der Waals surface area contributed by atoms with E-state index in [2.05, 4.69) is 4.98 Å². The monoisotopic (exact) mass is 292 g/mol. The third-order valence-corrected chi connectivity index (χ3v) is 5.28. The van der Waals surface area contributed by atoms with E-state index in [0.29, 0.717) is 5.39 Å². The van der Waals surface area contributed by atoms with Gasteiger partial charge in [-0.05, 0) is 19.1 Å². The smallest absolute Gasteiger partial charge is 0.244 e. The fourth-order valence-electron chi connectivity index (χ4n) is 1.88. The molecule has 0 fully saturated rings. The van der Waals surface area contributed by atoms with Crippen molar-refractivity contribution in [1.82, 2.24) is 9.29 Å². The van der Waals surface area contributed by atoms with E-state index in [4.69, 9.17) is 11.1 Å². The van der Waals surface area contributed by atoms with Crippen molar-refractivity contribution in [3.63, 3.8) is 0 Å². The van der Waals surface area contributed by atoms with Gasteiger partial charge in [0.2, 0.25) is 10.0 Å². The van der Waals surface area contributed by atoms with Crippen molar-refractivity contribution in [3.8, 4) is 0 Å². The van der Waals surface area contributed by atoms with Crippen LogP contribution in [0.2, 0.25) is 0 Å². The molecule has 0 aliphatic carbocycles. The SMILES string of the molecule is CC(C(=N)N)N(C)S(=O)(=O)c1cccc2cnccc12. The van der Waals surface area contributed by atoms with Crippen molar-refractivity contribution in [2.75, 3.05) is 7.05 Å². The van der Waals surface area contributed by atoms with Gasteiger partial charge >= 0.3 is 0 Å². The van der Waals surface area contributed by atoms with Crippen molar-refractivity contribution >= 4 is 26.6 Å². The van der Waals surface area contributed by atoms with Gasteiger partial charge in [0, 0.05) is 30.2 Å². The Morgan fingerprint density at radius 3 is 2.75 bits per heavy atom. The average molecular weight is 292 g/mol. The summed E-state index contributed by atoms with van der Waals surface area (Å²) in [6.07, 6.45) is 3.17. The van der Waals surface area contributed by atoms with Crippen LogP contribution in [0.15, 0.2) is 41.6 Å². The van der Waals surface area contributed by atoms with Crippen LogP contribution >= 0.6 is 0 Å². The summed E-state index contributed by atoms with van der Waals surface area (Å²) in [6.45, 7) is 1.58. The molecular formula is C13H16N4O2S. The molecule has 1 aromatic heterocycles. The Labute approximate surface area is 117 Å². The van der Waals surface area contributed by atoms with E-state index in [-0.39, 0.29) is 10.7 Å². The lowest BCUT2D eigenvalue weighted by Crippen LogP contribution is -2.43. The van der Waals surface area contributed by atoms with Gasteiger partial charge in [0.05, 0.1) is 10.9 Å². The molecule has 0 spiro atoms. The van der Waals surface area contributed by atoms with Crippen LogP contribution in [-0.2, 0) is 10.0 Å². The summed E-state index contributed by atoms with van der Waals surface area (Å²) >= 11 is 0. The molecule has 0 saturated carbocycles. The second-order valence-electron chi connectivity index (χ2n) is 4.51. The number of nitrogens with one attached hydrogen (secondary N) is 1. The van der Waals surface area contributed by atoms with E-state index < -0.39 is 16.1 Å². The largest absolute Gasteiger partial charge is 0.386 e. The molecular weight excluding hydrogens is 276 g/mol. The second-order valence-corrected chi connectivity index (χ2v) is 6.47. The Morgan fingerprint density at radius 2 is 2.10 bits per heavy atom. The molecule has 0 amide bonds. The molecule has 6 nitrogen and oxygen atoms in total. The maximum Gasteiger partial charge on any atom is 0.244 e. The predicted molar refractivity (Wildman–Crippen MR) is 78.1 cm³/mol. The summed E-state index contributed by atoms with van der Waals surface area (Å²) in [5.41, 5.74) is 5.39. The van der Waals surface area contributed by atoms with Gasteiger partial charge in [0.1, 0.15) is 5.84 Å². The molecule has 106 valence electrons. The van der Waals surface area contributed by atoms with Gasteiger partial charge in [0.25, 0.3) is 0 Å². The minimum absolute atomic E-state index is 0.188. The molecule has 0 saturated heterocycles. The highest BCUT2D eigenvalue weighted by atomic mass is 32.2. The molecule has 0 bridgehead atoms. The van der Waals surface area contributed by atoms with Crippen LogP contribution in [0.25, 0.3) is 10.8 Å². The third kappa shape index (κ3) is 2.37. The molecule has 1 aromatic carbocycles. The van der Waals surface area contributed by atoms with Crippen LogP contribution in [0.4, 0.5) is 0 Å². The highest BCUT2D eigenvalue weighted by Gasteiger charge is 2.28. The zero-order valence-corrected chi connectivity index (χ0v) is 12.1. The Morgan fingerprint density at radius 1 is 1.40 bits per heavy atom. The number of likely N-dealkylation sites (N-methyl/N-ethyl adjacent to an activating group) is 1. The average Bonchev–Trinajstić information content (AvgIpc) is 2.44. The molecule has 0 aliphatic rings. The van der Waals surface area contributed by atoms with E-state index in [0.717, 1.165) is 9.69 Å². The Kier molecular flexibility index (Phi) is 3.74. The summed E-state index contributed by atoms with van der Waals surface area (Å²) < 4.78 is 26.4. The molecule has 0 radical (unpaired) electrons. The number of rotatable bonds is 4. The van der Waals surface area contributed by atoms with Gasteiger partial charge in [-0.2, -0.15) is 4.31 Å². The number of aromatic nitrogens is 1. The highest BCUT2D eigenvalue weighted by molar-refractivity contribution is 7.89. The fourth-order valence-corrected chi connectivity index (χ4v) is 3.43. The highest BCUT2D eigenvalue weighted by Crippen LogP contribution is 2.25. The standard InChI is InChI=1S/C13H16N4O2S/c1-9(13(14)15)17(2)20(18,19)12-5-3-4-10-8-16-7-6-11(10)12/h3-9H,1-2H3,(H3,14,15). The number of fused-ring (bicyclic) bond motifs is 1. The quantitative estimate of drug-likeness (QED) is 0.652. The molecule has 1 heterocycles. The lowest BCUT2D eigenvalue weighted by molar-refractivity contribution is 0.449. The maximum absolute atomic E-state index is 12.6. The predicted octanol–water partition coefficient (Wildman–Crippen LogP) is 1.18. The summed E-state index contributed by atoms with van der Waals surface area (Å²) in [7, 11) is -2.31. The third-order valence-electron chi connectivity index (χ3n) is 3.29. The van der Waals surface area contributed by atoms with Crippen LogP contribution in [0.1, 0.15) is 6.92 Å². The lowest BCUT2D eigenvalue weighted by atomic mass is 10.2. The van der Waals surface area contributed by atoms with Crippen LogP contribution in [0.5, 0.6) is 0 Å². The van der Waals surface area contributed by atoms with Gasteiger partial charge in [-0.25, -0.2) is 8.42 Å². The minimum atomic E-state index is -3.73. The number of pyridine rings is 1. The summed E-state index contributed by atoms with van der Waals surface area (Å²) in [4.78, 5) is 4.17. The van der Waals surface area contributed by atoms with Gasteiger partial charge in [-0.1, -0.05) is 12.1 Å². The van der Waals surface area contributed by atoms with E-state index >= 15 is 0 Å². The summed E-state index contributed by atoms with van der Waals surface area (Å²) in [6, 6.07) is 5.98. The van der Waals surface area contributed by atoms with Crippen molar-refractivity contribution in [2.24, 2.45) is 5.73 Å². The maximum atomic E-state index is 12.6. The number of benzene rings is 1. The number of hydrogen-bond donors (Lipinski definition) is 2. The van der Waals surface area contributed by atoms with E-state index in [1.165, 1.54) is 7.05 Å². The van der Waals surface area contributed by atoms with Crippen LogP contribution in [-0.4, -0.2) is 36.6 Å². The first-order chi connectivity index (χ1) is 9.35. The molecule has 2 aromatic rings. The number of nitrogens with zero attached hydrogens (tertiary/aromatic N) is 2. The van der Waals surface area contributed by atoms with Gasteiger partial charge in [0.15, 0.2) is 0 Å². The fraction of sp³-hybridized carbons (Fsp3) is 0.231. The molecule has 0 aliphatic heterocycles. The van der Waals surface area contributed by atoms with Crippen molar-refractivity contribution in [3.05, 3.63) is 36.7 Å². The normalized spacial score (nSPS) is 13.6. The summed E-state index contributed by atoms with van der Waals surface area (Å²) in [5.74, 6) is -0.196. The number of nitrogens with two attached hydrogens (primary N) is 1. The minimum Gasteiger partial charge on any atom is -0.386 e. The number of sulfonamides is 1. The van der Waals surface area contributed by atoms with Crippen LogP contribution in [0.3, 0.4) is 0 Å². The first kappa shape index (κ1) is 14.4. The molecule has 2 rings (SSSR count). The second kappa shape index (κ2) is 5.18. The Balaban J connectivity index is 2.61. The Hall–Kier alpha value is -1.99.